The molecule has 1 aromatic heterocycles. The Balaban J connectivity index is 2.89. The summed E-state index contributed by atoms with van der Waals surface area (Å²) in [7, 11) is 0. The molecule has 2 aromatic rings. The van der Waals surface area contributed by atoms with E-state index in [1.807, 2.05) is 6.07 Å². The summed E-state index contributed by atoms with van der Waals surface area (Å²) in [4.78, 5) is 4.53. The zero-order valence-corrected chi connectivity index (χ0v) is 9.79. The normalized spacial score (nSPS) is 10.7. The Morgan fingerprint density at radius 2 is 2.00 bits per heavy atom. The van der Waals surface area contributed by atoms with Crippen molar-refractivity contribution in [1.29, 1.82) is 0 Å². The second-order valence-corrected chi connectivity index (χ2v) is 4.36. The maximum absolute atomic E-state index is 4.53. The standard InChI is InChI=1S/C11H10IN/c1-7-6-9-10(12)4-3-5-11(9)13-8(7)2/h3-6H,1-2H3. The molecule has 0 bridgehead atoms. The second-order valence-electron chi connectivity index (χ2n) is 3.20. The first kappa shape index (κ1) is 8.94. The molecular weight excluding hydrogens is 273 g/mol. The Morgan fingerprint density at radius 1 is 1.23 bits per heavy atom. The highest BCUT2D eigenvalue weighted by Gasteiger charge is 2.01. The third kappa shape index (κ3) is 1.55. The number of hydrogen-bond donors (Lipinski definition) is 0. The Bertz CT molecular complexity index is 463. The van der Waals surface area contributed by atoms with Crippen molar-refractivity contribution in [3.63, 3.8) is 0 Å². The molecular formula is C11H10IN. The van der Waals surface area contributed by atoms with Gasteiger partial charge in [-0.15, -0.1) is 0 Å². The smallest absolute Gasteiger partial charge is 0.0716 e. The number of aromatic nitrogens is 1. The van der Waals surface area contributed by atoms with Crippen LogP contribution in [0.3, 0.4) is 0 Å². The van der Waals surface area contributed by atoms with Gasteiger partial charge in [0.1, 0.15) is 0 Å². The van der Waals surface area contributed by atoms with Gasteiger partial charge in [-0.3, -0.25) is 4.98 Å². The first-order chi connectivity index (χ1) is 6.18. The van der Waals surface area contributed by atoms with Crippen LogP contribution in [0.25, 0.3) is 10.9 Å². The Hall–Kier alpha value is -0.640. The largest absolute Gasteiger partial charge is 0.253 e. The van der Waals surface area contributed by atoms with Crippen LogP contribution in [0.15, 0.2) is 24.3 Å². The van der Waals surface area contributed by atoms with Crippen molar-refractivity contribution in [1.82, 2.24) is 4.98 Å². The molecule has 0 unspecified atom stereocenters. The van der Waals surface area contributed by atoms with Crippen molar-refractivity contribution in [2.75, 3.05) is 0 Å². The van der Waals surface area contributed by atoms with Crippen molar-refractivity contribution >= 4 is 33.5 Å². The van der Waals surface area contributed by atoms with Crippen LogP contribution in [-0.2, 0) is 0 Å². The van der Waals surface area contributed by atoms with E-state index in [0.717, 1.165) is 11.2 Å². The van der Waals surface area contributed by atoms with Crippen molar-refractivity contribution in [3.05, 3.63) is 39.1 Å². The van der Waals surface area contributed by atoms with Gasteiger partial charge in [0.2, 0.25) is 0 Å². The van der Waals surface area contributed by atoms with Gasteiger partial charge in [-0.1, -0.05) is 6.07 Å². The number of nitrogens with zero attached hydrogens (tertiary/aromatic N) is 1. The minimum atomic E-state index is 1.09. The van der Waals surface area contributed by atoms with E-state index in [9.17, 15) is 0 Å². The lowest BCUT2D eigenvalue weighted by molar-refractivity contribution is 1.19. The maximum Gasteiger partial charge on any atom is 0.0716 e. The molecule has 66 valence electrons. The number of hydrogen-bond acceptors (Lipinski definition) is 1. The summed E-state index contributed by atoms with van der Waals surface area (Å²) in [6.45, 7) is 4.15. The third-order valence-electron chi connectivity index (χ3n) is 2.25. The molecule has 1 heterocycles. The molecule has 2 heteroatoms. The molecule has 0 N–H and O–H groups in total. The van der Waals surface area contributed by atoms with Gasteiger partial charge in [0.15, 0.2) is 0 Å². The zero-order valence-electron chi connectivity index (χ0n) is 7.63. The molecule has 1 aromatic carbocycles. The fourth-order valence-electron chi connectivity index (χ4n) is 1.36. The van der Waals surface area contributed by atoms with Crippen LogP contribution < -0.4 is 0 Å². The Kier molecular flexibility index (Phi) is 2.24. The van der Waals surface area contributed by atoms with E-state index in [1.54, 1.807) is 0 Å². The maximum atomic E-state index is 4.53. The van der Waals surface area contributed by atoms with Crippen molar-refractivity contribution in [3.8, 4) is 0 Å². The summed E-state index contributed by atoms with van der Waals surface area (Å²) in [5.74, 6) is 0. The molecule has 0 saturated heterocycles. The molecule has 13 heavy (non-hydrogen) atoms. The first-order valence-electron chi connectivity index (χ1n) is 4.21. The van der Waals surface area contributed by atoms with Crippen LogP contribution in [0.4, 0.5) is 0 Å². The minimum absolute atomic E-state index is 1.09. The van der Waals surface area contributed by atoms with Gasteiger partial charge < -0.3 is 0 Å². The highest BCUT2D eigenvalue weighted by atomic mass is 127. The number of fused-ring (bicyclic) bond motifs is 1. The third-order valence-corrected chi connectivity index (χ3v) is 3.19. The summed E-state index contributed by atoms with van der Waals surface area (Å²) >= 11 is 2.35. The van der Waals surface area contributed by atoms with Crippen LogP contribution in [0.1, 0.15) is 11.3 Å². The fraction of sp³-hybridized carbons (Fsp3) is 0.182. The van der Waals surface area contributed by atoms with E-state index in [0.29, 0.717) is 0 Å². The lowest BCUT2D eigenvalue weighted by atomic mass is 10.1. The van der Waals surface area contributed by atoms with Crippen LogP contribution in [0.5, 0.6) is 0 Å². The predicted molar refractivity (Wildman–Crippen MR) is 63.9 cm³/mol. The second kappa shape index (κ2) is 3.25. The highest BCUT2D eigenvalue weighted by Crippen LogP contribution is 2.21. The molecule has 2 rings (SSSR count). The summed E-state index contributed by atoms with van der Waals surface area (Å²) in [5, 5.41) is 1.26. The summed E-state index contributed by atoms with van der Waals surface area (Å²) in [5.41, 5.74) is 3.47. The zero-order chi connectivity index (χ0) is 9.42. The number of aryl methyl sites for hydroxylation is 2. The number of pyridine rings is 1. The Morgan fingerprint density at radius 3 is 2.77 bits per heavy atom. The lowest BCUT2D eigenvalue weighted by Gasteiger charge is -2.03. The summed E-state index contributed by atoms with van der Waals surface area (Å²) in [6, 6.07) is 8.43. The summed E-state index contributed by atoms with van der Waals surface area (Å²) < 4.78 is 1.27. The molecule has 0 aliphatic heterocycles. The van der Waals surface area contributed by atoms with Crippen LogP contribution in [0, 0.1) is 17.4 Å². The van der Waals surface area contributed by atoms with E-state index >= 15 is 0 Å². The van der Waals surface area contributed by atoms with E-state index in [1.165, 1.54) is 14.5 Å². The molecule has 0 radical (unpaired) electrons. The fourth-order valence-corrected chi connectivity index (χ4v) is 2.00. The molecule has 1 nitrogen and oxygen atoms in total. The topological polar surface area (TPSA) is 12.9 Å². The van der Waals surface area contributed by atoms with Gasteiger partial charge in [-0.2, -0.15) is 0 Å². The average molecular weight is 283 g/mol. The summed E-state index contributed by atoms with van der Waals surface area (Å²) in [6.07, 6.45) is 0. The van der Waals surface area contributed by atoms with Gasteiger partial charge in [0.05, 0.1) is 5.52 Å². The molecule has 0 atom stereocenters. The number of halogens is 1. The first-order valence-corrected chi connectivity index (χ1v) is 5.29. The van der Waals surface area contributed by atoms with Crippen LogP contribution in [0.2, 0.25) is 0 Å². The molecule has 0 aliphatic rings. The minimum Gasteiger partial charge on any atom is -0.253 e. The van der Waals surface area contributed by atoms with Gasteiger partial charge in [-0.25, -0.2) is 0 Å². The number of benzene rings is 1. The van der Waals surface area contributed by atoms with Gasteiger partial charge in [0.25, 0.3) is 0 Å². The van der Waals surface area contributed by atoms with E-state index in [-0.39, 0.29) is 0 Å². The van der Waals surface area contributed by atoms with Crippen LogP contribution >= 0.6 is 22.6 Å². The van der Waals surface area contributed by atoms with E-state index < -0.39 is 0 Å². The molecule has 0 spiro atoms. The number of rotatable bonds is 0. The Labute approximate surface area is 91.3 Å². The monoisotopic (exact) mass is 283 g/mol. The van der Waals surface area contributed by atoms with Crippen LogP contribution in [-0.4, -0.2) is 4.98 Å². The van der Waals surface area contributed by atoms with Crippen molar-refractivity contribution in [2.45, 2.75) is 13.8 Å². The van der Waals surface area contributed by atoms with E-state index in [2.05, 4.69) is 59.6 Å². The highest BCUT2D eigenvalue weighted by molar-refractivity contribution is 14.1. The predicted octanol–water partition coefficient (Wildman–Crippen LogP) is 3.46. The SMILES string of the molecule is Cc1cc2c(I)cccc2nc1C. The quantitative estimate of drug-likeness (QED) is 0.675. The van der Waals surface area contributed by atoms with Gasteiger partial charge in [-0.05, 0) is 60.2 Å². The van der Waals surface area contributed by atoms with Gasteiger partial charge >= 0.3 is 0 Å². The molecule has 0 aliphatic carbocycles. The average Bonchev–Trinajstić information content (AvgIpc) is 2.09. The van der Waals surface area contributed by atoms with Gasteiger partial charge in [0, 0.05) is 14.7 Å². The van der Waals surface area contributed by atoms with Crippen molar-refractivity contribution in [2.24, 2.45) is 0 Å². The van der Waals surface area contributed by atoms with Crippen molar-refractivity contribution < 1.29 is 0 Å². The molecule has 0 amide bonds. The van der Waals surface area contributed by atoms with E-state index in [4.69, 9.17) is 0 Å². The lowest BCUT2D eigenvalue weighted by Crippen LogP contribution is -1.89. The molecule has 0 fully saturated rings. The molecule has 0 saturated carbocycles.